The molecule has 5 nitrogen and oxygen atoms in total. The standard InChI is InChI=1S/C14H12BrNO4S/c15-10-5-3-9(4-6-10)8-11-13(19)16(14(20)21-11)7-1-2-12(17)18/h3-6,8H,1-2,7H2,(H,17,18). The average molecular weight is 370 g/mol. The quantitative estimate of drug-likeness (QED) is 0.805. The molecule has 2 amide bonds. The minimum atomic E-state index is -0.938. The van der Waals surface area contributed by atoms with E-state index in [1.807, 2.05) is 24.3 Å². The van der Waals surface area contributed by atoms with Crippen molar-refractivity contribution < 1.29 is 19.5 Å². The van der Waals surface area contributed by atoms with Gasteiger partial charge in [0.15, 0.2) is 0 Å². The van der Waals surface area contributed by atoms with Crippen molar-refractivity contribution in [2.24, 2.45) is 0 Å². The summed E-state index contributed by atoms with van der Waals surface area (Å²) >= 11 is 4.21. The molecule has 1 aliphatic heterocycles. The van der Waals surface area contributed by atoms with Crippen LogP contribution in [0.5, 0.6) is 0 Å². The van der Waals surface area contributed by atoms with Crippen LogP contribution in [0, 0.1) is 0 Å². The van der Waals surface area contributed by atoms with E-state index in [4.69, 9.17) is 5.11 Å². The van der Waals surface area contributed by atoms with Crippen LogP contribution in [0.4, 0.5) is 4.79 Å². The lowest BCUT2D eigenvalue weighted by atomic mass is 10.2. The van der Waals surface area contributed by atoms with Gasteiger partial charge in [-0.2, -0.15) is 0 Å². The lowest BCUT2D eigenvalue weighted by Crippen LogP contribution is -2.29. The van der Waals surface area contributed by atoms with Crippen molar-refractivity contribution in [3.8, 4) is 0 Å². The largest absolute Gasteiger partial charge is 0.481 e. The van der Waals surface area contributed by atoms with Crippen LogP contribution in [0.2, 0.25) is 0 Å². The molecule has 1 saturated heterocycles. The Morgan fingerprint density at radius 2 is 1.95 bits per heavy atom. The molecule has 1 aliphatic rings. The van der Waals surface area contributed by atoms with Crippen LogP contribution in [0.15, 0.2) is 33.6 Å². The summed E-state index contributed by atoms with van der Waals surface area (Å²) < 4.78 is 0.932. The zero-order valence-corrected chi connectivity index (χ0v) is 13.3. The first kappa shape index (κ1) is 15.8. The number of halogens is 1. The number of amides is 2. The molecule has 0 atom stereocenters. The Hall–Kier alpha value is -1.60. The third-order valence-electron chi connectivity index (χ3n) is 2.81. The molecule has 1 fully saturated rings. The molecule has 1 heterocycles. The molecule has 7 heteroatoms. The van der Waals surface area contributed by atoms with Gasteiger partial charge >= 0.3 is 5.97 Å². The molecule has 1 N–H and O–H groups in total. The average Bonchev–Trinajstić information content (AvgIpc) is 2.68. The Bertz CT molecular complexity index is 612. The molecule has 0 unspecified atom stereocenters. The number of thioether (sulfide) groups is 1. The molecule has 2 rings (SSSR count). The van der Waals surface area contributed by atoms with Gasteiger partial charge in [-0.15, -0.1) is 0 Å². The monoisotopic (exact) mass is 369 g/mol. The van der Waals surface area contributed by atoms with Crippen molar-refractivity contribution in [2.75, 3.05) is 6.54 Å². The van der Waals surface area contributed by atoms with E-state index in [0.29, 0.717) is 4.91 Å². The number of carboxylic acids is 1. The van der Waals surface area contributed by atoms with Crippen molar-refractivity contribution in [1.29, 1.82) is 0 Å². The van der Waals surface area contributed by atoms with E-state index in [2.05, 4.69) is 15.9 Å². The van der Waals surface area contributed by atoms with Crippen LogP contribution in [0.25, 0.3) is 6.08 Å². The van der Waals surface area contributed by atoms with Crippen molar-refractivity contribution in [2.45, 2.75) is 12.8 Å². The highest BCUT2D eigenvalue weighted by atomic mass is 79.9. The van der Waals surface area contributed by atoms with Gasteiger partial charge in [0.05, 0.1) is 4.91 Å². The predicted molar refractivity (Wildman–Crippen MR) is 83.7 cm³/mol. The van der Waals surface area contributed by atoms with Gasteiger partial charge in [0.2, 0.25) is 0 Å². The maximum absolute atomic E-state index is 12.1. The Labute approximate surface area is 134 Å². The van der Waals surface area contributed by atoms with Gasteiger partial charge in [-0.3, -0.25) is 19.3 Å². The smallest absolute Gasteiger partial charge is 0.303 e. The molecule has 1 aromatic carbocycles. The maximum Gasteiger partial charge on any atom is 0.303 e. The summed E-state index contributed by atoms with van der Waals surface area (Å²) in [6.07, 6.45) is 1.86. The SMILES string of the molecule is O=C(O)CCCN1C(=O)SC(=Cc2ccc(Br)cc2)C1=O. The van der Waals surface area contributed by atoms with Crippen LogP contribution in [-0.2, 0) is 9.59 Å². The first-order chi connectivity index (χ1) is 9.97. The molecule has 0 saturated carbocycles. The second kappa shape index (κ2) is 6.91. The highest BCUT2D eigenvalue weighted by molar-refractivity contribution is 9.10. The maximum atomic E-state index is 12.1. The second-order valence-electron chi connectivity index (χ2n) is 4.38. The molecule has 0 bridgehead atoms. The second-order valence-corrected chi connectivity index (χ2v) is 6.29. The zero-order chi connectivity index (χ0) is 15.4. The van der Waals surface area contributed by atoms with Crippen molar-refractivity contribution in [3.63, 3.8) is 0 Å². The lowest BCUT2D eigenvalue weighted by Gasteiger charge is -2.10. The number of imide groups is 1. The number of aliphatic carboxylic acids is 1. The molecule has 110 valence electrons. The van der Waals surface area contributed by atoms with E-state index >= 15 is 0 Å². The number of hydrogen-bond donors (Lipinski definition) is 1. The zero-order valence-electron chi connectivity index (χ0n) is 10.9. The summed E-state index contributed by atoms with van der Waals surface area (Å²) in [6, 6.07) is 7.37. The fourth-order valence-electron chi connectivity index (χ4n) is 1.79. The molecule has 0 spiro atoms. The molecule has 1 aromatic rings. The van der Waals surface area contributed by atoms with E-state index in [1.54, 1.807) is 6.08 Å². The van der Waals surface area contributed by atoms with Gasteiger partial charge < -0.3 is 5.11 Å². The predicted octanol–water partition coefficient (Wildman–Crippen LogP) is 3.35. The van der Waals surface area contributed by atoms with E-state index in [1.165, 1.54) is 0 Å². The van der Waals surface area contributed by atoms with Gasteiger partial charge in [0.1, 0.15) is 0 Å². The summed E-state index contributed by atoms with van der Waals surface area (Å²) in [7, 11) is 0. The Morgan fingerprint density at radius 3 is 2.57 bits per heavy atom. The van der Waals surface area contributed by atoms with E-state index in [0.717, 1.165) is 26.7 Å². The highest BCUT2D eigenvalue weighted by Crippen LogP contribution is 2.32. The van der Waals surface area contributed by atoms with Gasteiger partial charge in [0, 0.05) is 17.4 Å². The topological polar surface area (TPSA) is 74.7 Å². The summed E-state index contributed by atoms with van der Waals surface area (Å²) in [5, 5.41) is 8.23. The minimum Gasteiger partial charge on any atom is -0.481 e. The number of nitrogens with zero attached hydrogens (tertiary/aromatic N) is 1. The number of benzene rings is 1. The van der Waals surface area contributed by atoms with Gasteiger partial charge in [-0.1, -0.05) is 28.1 Å². The lowest BCUT2D eigenvalue weighted by molar-refractivity contribution is -0.137. The van der Waals surface area contributed by atoms with Crippen LogP contribution in [0.1, 0.15) is 18.4 Å². The number of carboxylic acid groups (broad SMARTS) is 1. The first-order valence-corrected chi connectivity index (χ1v) is 7.81. The van der Waals surface area contributed by atoms with Crippen LogP contribution < -0.4 is 0 Å². The number of rotatable bonds is 5. The molecular formula is C14H12BrNO4S. The van der Waals surface area contributed by atoms with E-state index in [9.17, 15) is 14.4 Å². The fraction of sp³-hybridized carbons (Fsp3) is 0.214. The molecule has 21 heavy (non-hydrogen) atoms. The fourth-order valence-corrected chi connectivity index (χ4v) is 2.92. The molecule has 0 aromatic heterocycles. The van der Waals surface area contributed by atoms with E-state index in [-0.39, 0.29) is 30.5 Å². The van der Waals surface area contributed by atoms with Crippen LogP contribution in [0.3, 0.4) is 0 Å². The van der Waals surface area contributed by atoms with Crippen molar-refractivity contribution in [3.05, 3.63) is 39.2 Å². The first-order valence-electron chi connectivity index (χ1n) is 6.20. The Kier molecular flexibility index (Phi) is 5.19. The number of carbonyl (C=O) groups excluding carboxylic acids is 2. The van der Waals surface area contributed by atoms with E-state index < -0.39 is 5.97 Å². The summed E-state index contributed by atoms with van der Waals surface area (Å²) in [5.74, 6) is -1.30. The molecule has 0 aliphatic carbocycles. The third-order valence-corrected chi connectivity index (χ3v) is 4.25. The van der Waals surface area contributed by atoms with Crippen LogP contribution >= 0.6 is 27.7 Å². The van der Waals surface area contributed by atoms with Crippen molar-refractivity contribution >= 4 is 50.9 Å². The van der Waals surface area contributed by atoms with Gasteiger partial charge in [-0.05, 0) is 42.0 Å². The van der Waals surface area contributed by atoms with Crippen molar-refractivity contribution in [1.82, 2.24) is 4.90 Å². The molecular weight excluding hydrogens is 358 g/mol. The van der Waals surface area contributed by atoms with Gasteiger partial charge in [0.25, 0.3) is 11.1 Å². The normalized spacial score (nSPS) is 16.8. The Morgan fingerprint density at radius 1 is 1.29 bits per heavy atom. The minimum absolute atomic E-state index is 0.0620. The third kappa shape index (κ3) is 4.18. The number of hydrogen-bond acceptors (Lipinski definition) is 4. The highest BCUT2D eigenvalue weighted by Gasteiger charge is 2.34. The Balaban J connectivity index is 2.06. The molecule has 0 radical (unpaired) electrons. The van der Waals surface area contributed by atoms with Crippen LogP contribution in [-0.4, -0.2) is 33.7 Å². The summed E-state index contributed by atoms with van der Waals surface area (Å²) in [5.41, 5.74) is 0.828. The van der Waals surface area contributed by atoms with Gasteiger partial charge in [-0.25, -0.2) is 0 Å². The summed E-state index contributed by atoms with van der Waals surface area (Å²) in [6.45, 7) is 0.134. The number of carbonyl (C=O) groups is 3. The summed E-state index contributed by atoms with van der Waals surface area (Å²) in [4.78, 5) is 35.8.